The summed E-state index contributed by atoms with van der Waals surface area (Å²) in [5.74, 6) is 0.613. The number of rotatable bonds is 12. The average Bonchev–Trinajstić information content (AvgIpc) is 2.39. The molecule has 0 aromatic carbocycles. The molecule has 0 aliphatic heterocycles. The first-order valence-corrected chi connectivity index (χ1v) is 9.37. The van der Waals surface area contributed by atoms with Crippen LogP contribution < -0.4 is 0 Å². The van der Waals surface area contributed by atoms with Gasteiger partial charge in [0.2, 0.25) is 0 Å². The fourth-order valence-corrected chi connectivity index (χ4v) is 3.54. The third kappa shape index (κ3) is 8.05. The maximum atomic E-state index is 11.8. The molecule has 2 nitrogen and oxygen atoms in total. The van der Waals surface area contributed by atoms with Crippen LogP contribution in [0.25, 0.3) is 0 Å². The van der Waals surface area contributed by atoms with E-state index in [9.17, 15) is 9.46 Å². The standard InChI is InChI=1S/C16H33O2P/c1-5-8-10-11-13-16(4,19(17)18)14-15(7-3)12-9-6-2/h15H,5-14H2,1-4H3/p+1. The molecular formula is C16H34O2P+. The third-order valence-electron chi connectivity index (χ3n) is 4.30. The Kier molecular flexibility index (Phi) is 10.8. The van der Waals surface area contributed by atoms with Crippen molar-refractivity contribution in [1.29, 1.82) is 0 Å². The van der Waals surface area contributed by atoms with Gasteiger partial charge < -0.3 is 0 Å². The van der Waals surface area contributed by atoms with Gasteiger partial charge in [0.1, 0.15) is 0 Å². The summed E-state index contributed by atoms with van der Waals surface area (Å²) >= 11 is 0. The topological polar surface area (TPSA) is 37.3 Å². The van der Waals surface area contributed by atoms with Crippen molar-refractivity contribution in [2.45, 2.75) is 97.1 Å². The molecule has 0 saturated heterocycles. The molecule has 0 radical (unpaired) electrons. The lowest BCUT2D eigenvalue weighted by atomic mass is 9.86. The maximum absolute atomic E-state index is 11.8. The summed E-state index contributed by atoms with van der Waals surface area (Å²) in [5.41, 5.74) is 0. The Hall–Kier alpha value is 0.0600. The van der Waals surface area contributed by atoms with Crippen LogP contribution in [0, 0.1) is 5.92 Å². The lowest BCUT2D eigenvalue weighted by molar-refractivity contribution is 0.330. The van der Waals surface area contributed by atoms with Crippen molar-refractivity contribution in [3.63, 3.8) is 0 Å². The summed E-state index contributed by atoms with van der Waals surface area (Å²) in [6, 6.07) is 0. The van der Waals surface area contributed by atoms with Gasteiger partial charge in [-0.3, -0.25) is 0 Å². The Morgan fingerprint density at radius 3 is 2.16 bits per heavy atom. The van der Waals surface area contributed by atoms with E-state index in [2.05, 4.69) is 20.8 Å². The molecule has 0 aliphatic rings. The molecule has 114 valence electrons. The van der Waals surface area contributed by atoms with Crippen molar-refractivity contribution >= 4 is 8.03 Å². The monoisotopic (exact) mass is 289 g/mol. The number of unbranched alkanes of at least 4 members (excludes halogenated alkanes) is 4. The molecule has 0 heterocycles. The lowest BCUT2D eigenvalue weighted by Gasteiger charge is -2.23. The summed E-state index contributed by atoms with van der Waals surface area (Å²) in [6.45, 7) is 8.64. The van der Waals surface area contributed by atoms with Gasteiger partial charge in [0.25, 0.3) is 0 Å². The Labute approximate surface area is 121 Å². The molecule has 0 bridgehead atoms. The van der Waals surface area contributed by atoms with Crippen LogP contribution in [0.1, 0.15) is 91.9 Å². The van der Waals surface area contributed by atoms with Gasteiger partial charge in [-0.05, 0) is 30.2 Å². The van der Waals surface area contributed by atoms with Crippen molar-refractivity contribution in [3.8, 4) is 0 Å². The normalized spacial score (nSPS) is 17.0. The Balaban J connectivity index is 4.37. The van der Waals surface area contributed by atoms with Crippen LogP contribution in [-0.4, -0.2) is 10.0 Å². The van der Waals surface area contributed by atoms with E-state index >= 15 is 0 Å². The second-order valence-electron chi connectivity index (χ2n) is 6.20. The quantitative estimate of drug-likeness (QED) is 0.350. The molecule has 0 saturated carbocycles. The van der Waals surface area contributed by atoms with Crippen LogP contribution >= 0.6 is 8.03 Å². The molecule has 3 unspecified atom stereocenters. The second kappa shape index (κ2) is 10.8. The zero-order valence-electron chi connectivity index (χ0n) is 13.5. The largest absolute Gasteiger partial charge is 0.511 e. The minimum atomic E-state index is -2.07. The van der Waals surface area contributed by atoms with Crippen molar-refractivity contribution in [2.24, 2.45) is 5.92 Å². The van der Waals surface area contributed by atoms with Crippen LogP contribution in [0.4, 0.5) is 0 Å². The first-order chi connectivity index (χ1) is 9.00. The van der Waals surface area contributed by atoms with Gasteiger partial charge in [-0.1, -0.05) is 65.7 Å². The van der Waals surface area contributed by atoms with E-state index in [1.807, 2.05) is 6.92 Å². The second-order valence-corrected chi connectivity index (χ2v) is 7.83. The number of hydrogen-bond acceptors (Lipinski definition) is 1. The molecule has 1 N–H and O–H groups in total. The summed E-state index contributed by atoms with van der Waals surface area (Å²) in [7, 11) is -2.07. The smallest absolute Gasteiger partial charge is 0.160 e. The summed E-state index contributed by atoms with van der Waals surface area (Å²) in [5, 5.41) is -0.364. The van der Waals surface area contributed by atoms with Crippen LogP contribution in [0.3, 0.4) is 0 Å². The predicted molar refractivity (Wildman–Crippen MR) is 84.9 cm³/mol. The summed E-state index contributed by atoms with van der Waals surface area (Å²) in [4.78, 5) is 9.71. The van der Waals surface area contributed by atoms with Gasteiger partial charge in [0.05, 0.1) is 0 Å². The first kappa shape index (κ1) is 19.1. The van der Waals surface area contributed by atoms with Gasteiger partial charge in [-0.15, -0.1) is 0 Å². The van der Waals surface area contributed by atoms with Gasteiger partial charge in [-0.2, -0.15) is 4.89 Å². The van der Waals surface area contributed by atoms with Gasteiger partial charge in [0, 0.05) is 6.42 Å². The summed E-state index contributed by atoms with van der Waals surface area (Å²) < 4.78 is 11.8. The fourth-order valence-electron chi connectivity index (χ4n) is 2.77. The highest BCUT2D eigenvalue weighted by atomic mass is 31.1. The minimum Gasteiger partial charge on any atom is -0.160 e. The van der Waals surface area contributed by atoms with Gasteiger partial charge >= 0.3 is 8.03 Å². The molecule has 0 aromatic heterocycles. The average molecular weight is 289 g/mol. The molecule has 0 spiro atoms. The Bertz CT molecular complexity index is 243. The minimum absolute atomic E-state index is 0.364. The molecule has 0 aliphatic carbocycles. The van der Waals surface area contributed by atoms with E-state index in [4.69, 9.17) is 0 Å². The van der Waals surface area contributed by atoms with E-state index in [0.29, 0.717) is 5.92 Å². The molecule has 0 aromatic rings. The van der Waals surface area contributed by atoms with Crippen molar-refractivity contribution in [2.75, 3.05) is 0 Å². The highest BCUT2D eigenvalue weighted by molar-refractivity contribution is 7.40. The first-order valence-electron chi connectivity index (χ1n) is 8.16. The predicted octanol–water partition coefficient (Wildman–Crippen LogP) is 6.06. The van der Waals surface area contributed by atoms with E-state index in [1.54, 1.807) is 0 Å². The fraction of sp³-hybridized carbons (Fsp3) is 1.00. The van der Waals surface area contributed by atoms with E-state index in [0.717, 1.165) is 25.7 Å². The van der Waals surface area contributed by atoms with Crippen molar-refractivity contribution in [3.05, 3.63) is 0 Å². The van der Waals surface area contributed by atoms with Crippen LogP contribution in [-0.2, 0) is 4.57 Å². The lowest BCUT2D eigenvalue weighted by Crippen LogP contribution is -2.24. The van der Waals surface area contributed by atoms with Gasteiger partial charge in [-0.25, -0.2) is 0 Å². The molecule has 0 fully saturated rings. The molecule has 0 rings (SSSR count). The molecule has 3 atom stereocenters. The zero-order valence-corrected chi connectivity index (χ0v) is 14.3. The Morgan fingerprint density at radius 1 is 1.05 bits per heavy atom. The molecular weight excluding hydrogens is 255 g/mol. The summed E-state index contributed by atoms with van der Waals surface area (Å²) in [6.07, 6.45) is 11.4. The van der Waals surface area contributed by atoms with E-state index in [1.165, 1.54) is 38.5 Å². The Morgan fingerprint density at radius 2 is 1.68 bits per heavy atom. The maximum Gasteiger partial charge on any atom is 0.511 e. The van der Waals surface area contributed by atoms with E-state index in [-0.39, 0.29) is 5.16 Å². The van der Waals surface area contributed by atoms with Crippen LogP contribution in [0.2, 0.25) is 0 Å². The van der Waals surface area contributed by atoms with Crippen LogP contribution in [0.15, 0.2) is 0 Å². The third-order valence-corrected chi connectivity index (χ3v) is 5.63. The zero-order chi connectivity index (χ0) is 14.7. The molecule has 19 heavy (non-hydrogen) atoms. The molecule has 0 amide bonds. The van der Waals surface area contributed by atoms with E-state index < -0.39 is 8.03 Å². The molecule has 3 heteroatoms. The van der Waals surface area contributed by atoms with Crippen molar-refractivity contribution in [1.82, 2.24) is 0 Å². The van der Waals surface area contributed by atoms with Crippen molar-refractivity contribution < 1.29 is 9.46 Å². The SMILES string of the molecule is CCCCCCC(C)(CC(CC)CCCC)[P+](=O)O. The van der Waals surface area contributed by atoms with Crippen LogP contribution in [0.5, 0.6) is 0 Å². The number of hydrogen-bond donors (Lipinski definition) is 1. The highest BCUT2D eigenvalue weighted by Gasteiger charge is 2.44. The highest BCUT2D eigenvalue weighted by Crippen LogP contribution is 2.45. The van der Waals surface area contributed by atoms with Gasteiger partial charge in [0.15, 0.2) is 5.16 Å².